The quantitative estimate of drug-likeness (QED) is 0.756. The molecule has 0 aromatic heterocycles. The van der Waals surface area contributed by atoms with E-state index in [1.807, 2.05) is 13.8 Å². The zero-order valence-electron chi connectivity index (χ0n) is 8.55. The largest absolute Gasteiger partial charge is 0.508 e. The highest BCUT2D eigenvalue weighted by atomic mass is 35.5. The molecule has 0 spiro atoms. The molecule has 14 heavy (non-hydrogen) atoms. The third-order valence-corrected chi connectivity index (χ3v) is 2.36. The fraction of sp³-hybridized carbons (Fsp3) is 0.333. The first-order chi connectivity index (χ1) is 6.65. The average molecular weight is 211 g/mol. The van der Waals surface area contributed by atoms with Crippen LogP contribution in [-0.2, 0) is 0 Å². The molecule has 0 atom stereocenters. The van der Waals surface area contributed by atoms with E-state index in [0.29, 0.717) is 11.6 Å². The number of hydrogen-bond donors (Lipinski definition) is 1. The summed E-state index contributed by atoms with van der Waals surface area (Å²) in [5.41, 5.74) is 3.36. The summed E-state index contributed by atoms with van der Waals surface area (Å²) in [4.78, 5) is 0. The van der Waals surface area contributed by atoms with Gasteiger partial charge in [0.15, 0.2) is 0 Å². The number of phenols is 1. The van der Waals surface area contributed by atoms with Crippen molar-refractivity contribution in [2.24, 2.45) is 0 Å². The Morgan fingerprint density at radius 1 is 1.29 bits per heavy atom. The fourth-order valence-corrected chi connectivity index (χ4v) is 1.60. The molecule has 0 aliphatic rings. The van der Waals surface area contributed by atoms with Gasteiger partial charge in [-0.3, -0.25) is 0 Å². The summed E-state index contributed by atoms with van der Waals surface area (Å²) in [7, 11) is 0. The van der Waals surface area contributed by atoms with Crippen LogP contribution in [0.15, 0.2) is 18.2 Å². The second kappa shape index (κ2) is 5.06. The highest BCUT2D eigenvalue weighted by Crippen LogP contribution is 2.21. The van der Waals surface area contributed by atoms with Crippen molar-refractivity contribution in [1.82, 2.24) is 0 Å². The molecule has 0 fully saturated rings. The Balaban J connectivity index is 2.96. The van der Waals surface area contributed by atoms with E-state index < -0.39 is 0 Å². The van der Waals surface area contributed by atoms with Gasteiger partial charge in [0, 0.05) is 5.88 Å². The molecule has 0 bridgehead atoms. The zero-order chi connectivity index (χ0) is 10.6. The van der Waals surface area contributed by atoms with Gasteiger partial charge in [0.1, 0.15) is 5.75 Å². The third-order valence-electron chi connectivity index (χ3n) is 2.14. The van der Waals surface area contributed by atoms with Gasteiger partial charge in [-0.15, -0.1) is 11.6 Å². The monoisotopic (exact) mass is 210 g/mol. The van der Waals surface area contributed by atoms with Crippen molar-refractivity contribution in [3.63, 3.8) is 0 Å². The SMILES string of the molecule is Cc1cc(O)cc(C)c1C=CCCCl. The van der Waals surface area contributed by atoms with Crippen molar-refractivity contribution < 1.29 is 5.11 Å². The molecule has 1 nitrogen and oxygen atoms in total. The zero-order valence-corrected chi connectivity index (χ0v) is 9.30. The van der Waals surface area contributed by atoms with Crippen LogP contribution in [0.3, 0.4) is 0 Å². The smallest absolute Gasteiger partial charge is 0.116 e. The van der Waals surface area contributed by atoms with Crippen LogP contribution in [0, 0.1) is 13.8 Å². The van der Waals surface area contributed by atoms with E-state index in [1.165, 1.54) is 5.56 Å². The first kappa shape index (κ1) is 11.1. The first-order valence-corrected chi connectivity index (χ1v) is 5.21. The van der Waals surface area contributed by atoms with Crippen molar-refractivity contribution in [2.45, 2.75) is 20.3 Å². The number of allylic oxidation sites excluding steroid dienone is 1. The van der Waals surface area contributed by atoms with Crippen LogP contribution < -0.4 is 0 Å². The second-order valence-corrected chi connectivity index (χ2v) is 3.75. The fourth-order valence-electron chi connectivity index (χ4n) is 1.48. The molecule has 1 N–H and O–H groups in total. The van der Waals surface area contributed by atoms with Gasteiger partial charge in [-0.2, -0.15) is 0 Å². The van der Waals surface area contributed by atoms with Gasteiger partial charge >= 0.3 is 0 Å². The topological polar surface area (TPSA) is 20.2 Å². The lowest BCUT2D eigenvalue weighted by molar-refractivity contribution is 0.474. The van der Waals surface area contributed by atoms with Crippen LogP contribution >= 0.6 is 11.6 Å². The van der Waals surface area contributed by atoms with Gasteiger partial charge < -0.3 is 5.11 Å². The van der Waals surface area contributed by atoms with E-state index in [4.69, 9.17) is 11.6 Å². The van der Waals surface area contributed by atoms with Crippen molar-refractivity contribution in [2.75, 3.05) is 5.88 Å². The number of hydrogen-bond acceptors (Lipinski definition) is 1. The maximum Gasteiger partial charge on any atom is 0.116 e. The van der Waals surface area contributed by atoms with Gasteiger partial charge in [0.05, 0.1) is 0 Å². The molecule has 0 radical (unpaired) electrons. The molecular formula is C12H15ClO. The Kier molecular flexibility index (Phi) is 4.02. The van der Waals surface area contributed by atoms with Crippen LogP contribution in [0.2, 0.25) is 0 Å². The lowest BCUT2D eigenvalue weighted by Crippen LogP contribution is -1.86. The molecule has 0 amide bonds. The summed E-state index contributed by atoms with van der Waals surface area (Å²) >= 11 is 5.58. The minimum atomic E-state index is 0.328. The number of phenolic OH excluding ortho intramolecular Hbond substituents is 1. The maximum absolute atomic E-state index is 9.34. The Labute approximate surface area is 90.0 Å². The number of benzene rings is 1. The van der Waals surface area contributed by atoms with Crippen LogP contribution in [0.1, 0.15) is 23.1 Å². The van der Waals surface area contributed by atoms with E-state index >= 15 is 0 Å². The summed E-state index contributed by atoms with van der Waals surface area (Å²) in [6.45, 7) is 3.99. The minimum Gasteiger partial charge on any atom is -0.508 e. The molecule has 0 heterocycles. The van der Waals surface area contributed by atoms with E-state index in [9.17, 15) is 5.11 Å². The first-order valence-electron chi connectivity index (χ1n) is 4.68. The molecule has 0 unspecified atom stereocenters. The second-order valence-electron chi connectivity index (χ2n) is 3.37. The lowest BCUT2D eigenvalue weighted by Gasteiger charge is -2.05. The van der Waals surface area contributed by atoms with Gasteiger partial charge in [-0.25, -0.2) is 0 Å². The molecule has 1 aromatic carbocycles. The number of aryl methyl sites for hydroxylation is 2. The molecule has 0 saturated carbocycles. The Morgan fingerprint density at radius 3 is 2.36 bits per heavy atom. The van der Waals surface area contributed by atoms with Crippen LogP contribution in [0.25, 0.3) is 6.08 Å². The number of aromatic hydroxyl groups is 1. The normalized spacial score (nSPS) is 11.1. The van der Waals surface area contributed by atoms with E-state index in [1.54, 1.807) is 12.1 Å². The van der Waals surface area contributed by atoms with E-state index in [0.717, 1.165) is 17.5 Å². The van der Waals surface area contributed by atoms with Gasteiger partial charge in [0.25, 0.3) is 0 Å². The van der Waals surface area contributed by atoms with Gasteiger partial charge in [0.2, 0.25) is 0 Å². The van der Waals surface area contributed by atoms with Crippen LogP contribution in [-0.4, -0.2) is 11.0 Å². The Bertz CT molecular complexity index is 319. The summed E-state index contributed by atoms with van der Waals surface area (Å²) < 4.78 is 0. The van der Waals surface area contributed by atoms with Crippen LogP contribution in [0.5, 0.6) is 5.75 Å². The molecule has 0 saturated heterocycles. The van der Waals surface area contributed by atoms with Crippen molar-refractivity contribution in [3.8, 4) is 5.75 Å². The maximum atomic E-state index is 9.34. The average Bonchev–Trinajstić information content (AvgIpc) is 2.09. The summed E-state index contributed by atoms with van der Waals surface area (Å²) in [6, 6.07) is 3.54. The molecular weight excluding hydrogens is 196 g/mol. The van der Waals surface area contributed by atoms with Gasteiger partial charge in [-0.1, -0.05) is 12.2 Å². The Morgan fingerprint density at radius 2 is 1.86 bits per heavy atom. The summed E-state index contributed by atoms with van der Waals surface area (Å²) in [5, 5.41) is 9.34. The standard InChI is InChI=1S/C12H15ClO/c1-9-7-11(14)8-10(2)12(9)5-3-4-6-13/h3,5,7-8,14H,4,6H2,1-2H3. The third kappa shape index (κ3) is 2.78. The van der Waals surface area contributed by atoms with Crippen molar-refractivity contribution >= 4 is 17.7 Å². The molecule has 1 rings (SSSR count). The predicted molar refractivity (Wildman–Crippen MR) is 62.0 cm³/mol. The molecule has 76 valence electrons. The number of halogens is 1. The van der Waals surface area contributed by atoms with Crippen LogP contribution in [0.4, 0.5) is 0 Å². The highest BCUT2D eigenvalue weighted by molar-refractivity contribution is 6.17. The molecule has 1 aromatic rings. The summed E-state index contributed by atoms with van der Waals surface area (Å²) in [6.07, 6.45) is 4.99. The lowest BCUT2D eigenvalue weighted by atomic mass is 10.0. The molecule has 2 heteroatoms. The van der Waals surface area contributed by atoms with E-state index in [2.05, 4.69) is 12.2 Å². The predicted octanol–water partition coefficient (Wildman–Crippen LogP) is 3.65. The molecule has 0 aliphatic heterocycles. The molecule has 0 aliphatic carbocycles. The Hall–Kier alpha value is -0.950. The van der Waals surface area contributed by atoms with Gasteiger partial charge in [-0.05, 0) is 49.1 Å². The number of alkyl halides is 1. The van der Waals surface area contributed by atoms with Crippen molar-refractivity contribution in [3.05, 3.63) is 34.9 Å². The van der Waals surface area contributed by atoms with Crippen molar-refractivity contribution in [1.29, 1.82) is 0 Å². The highest BCUT2D eigenvalue weighted by Gasteiger charge is 2.00. The minimum absolute atomic E-state index is 0.328. The number of rotatable bonds is 3. The summed E-state index contributed by atoms with van der Waals surface area (Å²) in [5.74, 6) is 0.974. The van der Waals surface area contributed by atoms with E-state index in [-0.39, 0.29) is 0 Å².